The third-order valence-corrected chi connectivity index (χ3v) is 7.09. The van der Waals surface area contributed by atoms with Gasteiger partial charge in [0.2, 0.25) is 0 Å². The van der Waals surface area contributed by atoms with Crippen molar-refractivity contribution in [2.75, 3.05) is 0 Å². The summed E-state index contributed by atoms with van der Waals surface area (Å²) < 4.78 is 0. The van der Waals surface area contributed by atoms with E-state index < -0.39 is 13.9 Å². The van der Waals surface area contributed by atoms with Gasteiger partial charge < -0.3 is 20.9 Å². The average molecular weight is 418 g/mol. The molecule has 0 amide bonds. The first-order chi connectivity index (χ1) is 8.25. The molecule has 0 fully saturated rings. The average Bonchev–Trinajstić information content (AvgIpc) is 1.91. The van der Waals surface area contributed by atoms with Crippen LogP contribution in [0.25, 0.3) is 0 Å². The molecule has 0 rings (SSSR count). The predicted octanol–water partition coefficient (Wildman–Crippen LogP) is 3.02. The van der Waals surface area contributed by atoms with Gasteiger partial charge in [-0.3, -0.25) is 0 Å². The molecular weight excluding hydrogens is 375 g/mol. The molecule has 0 atom stereocenters. The molecule has 0 saturated heterocycles. The Morgan fingerprint density at radius 2 is 0.864 bits per heavy atom. The maximum atomic E-state index is 10.7. The summed E-state index contributed by atoms with van der Waals surface area (Å²) in [4.78, 5) is 10.7. The molecule has 6 N–H and O–H groups in total. The normalized spacial score (nSPS) is 11.2. The van der Waals surface area contributed by atoms with Crippen molar-refractivity contribution in [3.8, 4) is 0 Å². The van der Waals surface area contributed by atoms with Crippen LogP contribution in [0.3, 0.4) is 0 Å². The summed E-state index contributed by atoms with van der Waals surface area (Å²) in [6.07, 6.45) is 0. The zero-order chi connectivity index (χ0) is 15.9. The number of aliphatic hydroxyl groups is 1. The van der Waals surface area contributed by atoms with E-state index in [9.17, 15) is 4.80 Å². The van der Waals surface area contributed by atoms with E-state index in [0.29, 0.717) is 17.8 Å². The summed E-state index contributed by atoms with van der Waals surface area (Å²) in [5, 5.41) is 8.52. The van der Waals surface area contributed by atoms with Gasteiger partial charge in [-0.1, -0.05) is 41.5 Å². The minimum Gasteiger partial charge on any atom is -0.432 e. The maximum absolute atomic E-state index is 10.7. The second-order valence-corrected chi connectivity index (χ2v) is 11.9. The fraction of sp³-hybridized carbons (Fsp3) is 1.00. The third-order valence-electron chi connectivity index (χ3n) is 2.36. The quantitative estimate of drug-likeness (QED) is 0.648. The summed E-state index contributed by atoms with van der Waals surface area (Å²) in [6.45, 7) is 18.6. The van der Waals surface area contributed by atoms with Crippen molar-refractivity contribution >= 4 is 8.32 Å². The smallest absolute Gasteiger partial charge is 0.189 e. The Morgan fingerprint density at radius 1 is 0.727 bits per heavy atom. The fourth-order valence-electron chi connectivity index (χ4n) is 2.53. The Morgan fingerprint density at radius 3 is 0.955 bits per heavy atom. The molecule has 0 aromatic rings. The zero-order valence-electron chi connectivity index (χ0n) is 16.2. The topological polar surface area (TPSA) is 103 Å². The van der Waals surface area contributed by atoms with Gasteiger partial charge >= 0.3 is 0 Å². The van der Waals surface area contributed by atoms with Crippen molar-refractivity contribution < 1.29 is 47.1 Å². The fourth-order valence-corrected chi connectivity index (χ4v) is 7.59. The Hall–Kier alpha value is 0.940. The minimum absolute atomic E-state index is 0. The van der Waals surface area contributed by atoms with Gasteiger partial charge in [-0.05, 0) is 56.7 Å². The molecule has 0 aliphatic carbocycles. The van der Waals surface area contributed by atoms with Crippen LogP contribution in [0, 0.1) is 17.8 Å². The van der Waals surface area contributed by atoms with E-state index in [1.165, 1.54) is 0 Å². The van der Waals surface area contributed by atoms with Crippen LogP contribution in [0.2, 0.25) is 18.1 Å². The van der Waals surface area contributed by atoms with Crippen LogP contribution >= 0.6 is 0 Å². The number of rotatable bonds is 6. The van der Waals surface area contributed by atoms with Crippen molar-refractivity contribution in [3.63, 3.8) is 0 Å². The van der Waals surface area contributed by atoms with E-state index in [0.717, 1.165) is 18.1 Å². The van der Waals surface area contributed by atoms with E-state index in [4.69, 9.17) is 5.11 Å². The molecule has 0 saturated carbocycles. The molecule has 0 radical (unpaired) electrons. The van der Waals surface area contributed by atoms with Gasteiger partial charge in [0.15, 0.2) is 8.32 Å². The van der Waals surface area contributed by atoms with E-state index in [1.54, 1.807) is 20.8 Å². The van der Waals surface area contributed by atoms with Gasteiger partial charge in [0.05, 0.1) is 5.60 Å². The molecule has 0 bridgehead atoms. The Bertz CT molecular complexity index is 196. The molecule has 0 spiro atoms. The van der Waals surface area contributed by atoms with Crippen LogP contribution in [-0.4, -0.2) is 34.8 Å². The predicted molar refractivity (Wildman–Crippen MR) is 96.1 cm³/mol. The van der Waals surface area contributed by atoms with Crippen molar-refractivity contribution in [2.45, 2.75) is 86.0 Å². The molecule has 0 aliphatic heterocycles. The van der Waals surface area contributed by atoms with Gasteiger partial charge in [-0.25, -0.2) is 0 Å². The summed E-state index contributed by atoms with van der Waals surface area (Å²) >= 11 is 0. The third kappa shape index (κ3) is 32.8. The number of hydrogen-bond acceptors (Lipinski definition) is 2. The van der Waals surface area contributed by atoms with Gasteiger partial charge in [0.1, 0.15) is 0 Å². The van der Waals surface area contributed by atoms with Crippen molar-refractivity contribution in [1.82, 2.24) is 0 Å². The summed E-state index contributed by atoms with van der Waals surface area (Å²) in [7, 11) is -1.94. The summed E-state index contributed by atoms with van der Waals surface area (Å²) in [5.41, 5.74) is -0.500. The van der Waals surface area contributed by atoms with E-state index in [-0.39, 0.29) is 37.2 Å². The van der Waals surface area contributed by atoms with E-state index in [1.807, 2.05) is 0 Å². The first-order valence-corrected chi connectivity index (χ1v) is 10.3. The van der Waals surface area contributed by atoms with Crippen LogP contribution in [0.1, 0.15) is 62.3 Å². The van der Waals surface area contributed by atoms with Crippen molar-refractivity contribution in [2.24, 2.45) is 17.8 Å². The van der Waals surface area contributed by atoms with E-state index >= 15 is 0 Å². The first-order valence-electron chi connectivity index (χ1n) is 7.70. The van der Waals surface area contributed by atoms with E-state index in [2.05, 4.69) is 41.5 Å². The molecule has 6 heteroatoms. The summed E-state index contributed by atoms with van der Waals surface area (Å²) in [5.74, 6) is 1.93. The Balaban J connectivity index is -0.000000105. The van der Waals surface area contributed by atoms with Crippen LogP contribution in [0.4, 0.5) is 0 Å². The number of hydrogen-bond donors (Lipinski definition) is 2. The van der Waals surface area contributed by atoms with Gasteiger partial charge in [0, 0.05) is 26.2 Å². The summed E-state index contributed by atoms with van der Waals surface area (Å²) in [6, 6.07) is 3.22. The van der Waals surface area contributed by atoms with Gasteiger partial charge in [-0.2, -0.15) is 0 Å². The SMILES string of the molecule is CC(C)(C)O.CC(C)C[Si](O)(CC(C)C)CC(C)C.O.O.[Zr]. The van der Waals surface area contributed by atoms with Gasteiger partial charge in [-0.15, -0.1) is 0 Å². The van der Waals surface area contributed by atoms with Crippen molar-refractivity contribution in [1.29, 1.82) is 0 Å². The Kier molecular flexibility index (Phi) is 24.1. The molecule has 0 aliphatic rings. The second kappa shape index (κ2) is 15.5. The zero-order valence-corrected chi connectivity index (χ0v) is 19.7. The molecule has 0 heterocycles. The van der Waals surface area contributed by atoms with Crippen LogP contribution in [0.15, 0.2) is 0 Å². The van der Waals surface area contributed by atoms with Crippen LogP contribution in [0.5, 0.6) is 0 Å². The largest absolute Gasteiger partial charge is 0.432 e. The van der Waals surface area contributed by atoms with Crippen LogP contribution in [-0.2, 0) is 26.2 Å². The van der Waals surface area contributed by atoms with Crippen molar-refractivity contribution in [3.05, 3.63) is 0 Å². The van der Waals surface area contributed by atoms with Crippen LogP contribution < -0.4 is 0 Å². The molecule has 4 nitrogen and oxygen atoms in total. The maximum Gasteiger partial charge on any atom is 0.189 e. The van der Waals surface area contributed by atoms with Gasteiger partial charge in [0.25, 0.3) is 0 Å². The molecule has 138 valence electrons. The molecule has 22 heavy (non-hydrogen) atoms. The molecule has 0 aromatic heterocycles. The second-order valence-electron chi connectivity index (χ2n) is 8.19. The Labute approximate surface area is 159 Å². The first kappa shape index (κ1) is 34.3. The minimum atomic E-state index is -1.94. The molecule has 0 aromatic carbocycles. The molecule has 0 unspecified atom stereocenters. The monoisotopic (exact) mass is 416 g/mol. The molecular formula is C16H42O4SiZr. The standard InChI is InChI=1S/C12H28OSi.C4H10O.2H2O.Zr/c1-10(2)7-14(13,8-11(3)4)9-12(5)6;1-4(2,3)5;;;/h10-13H,7-9H2,1-6H3;5H,1-3H3;2*1H2;.